The number of aromatic nitrogens is 3. The fourth-order valence-corrected chi connectivity index (χ4v) is 5.99. The smallest absolute Gasteiger partial charge is 0.451 e. The van der Waals surface area contributed by atoms with Crippen LogP contribution in [0.2, 0.25) is 0 Å². The second kappa shape index (κ2) is 15.4. The van der Waals surface area contributed by atoms with Gasteiger partial charge in [0, 0.05) is 44.0 Å². The first-order valence-corrected chi connectivity index (χ1v) is 16.3. The van der Waals surface area contributed by atoms with Gasteiger partial charge in [-0.2, -0.15) is 30.7 Å². The lowest BCUT2D eigenvalue weighted by Crippen LogP contribution is -2.59. The predicted molar refractivity (Wildman–Crippen MR) is 174 cm³/mol. The molecule has 20 heteroatoms. The molecule has 2 amide bonds. The number of nitrogens with one attached hydrogen (secondary N) is 1. The molecule has 0 aliphatic carbocycles. The number of nitrogens with zero attached hydrogens (tertiary/aromatic N) is 6. The fourth-order valence-electron chi connectivity index (χ4n) is 5.99. The monoisotopic (exact) mass is 773 g/mol. The SMILES string of the molecule is CN1C(C(C)(C)C)C(O)=C(C(=O)Nc2cnc(C(F)(F)F)nc2-c2ccc(C(F)(F)F)nc2)C(=O)N1Cc1ccc(OCCN2CCOCC2)c(F)c1F. The zero-order valence-electron chi connectivity index (χ0n) is 29.3. The molecule has 292 valence electrons. The first-order valence-electron chi connectivity index (χ1n) is 16.3. The molecule has 5 rings (SSSR count). The number of pyridine rings is 1. The molecule has 4 heterocycles. The van der Waals surface area contributed by atoms with Crippen LogP contribution in [0, 0.1) is 17.0 Å². The molecular formula is C34H35F8N7O5. The van der Waals surface area contributed by atoms with Crippen LogP contribution in [0.4, 0.5) is 40.8 Å². The number of hydrogen-bond donors (Lipinski definition) is 2. The molecular weight excluding hydrogens is 738 g/mol. The molecule has 1 atom stereocenters. The number of likely N-dealkylation sites (N-methyl/N-ethyl adjacent to an activating group) is 1. The van der Waals surface area contributed by atoms with Crippen molar-refractivity contribution in [2.45, 2.75) is 45.7 Å². The molecule has 2 aromatic heterocycles. The number of halogens is 8. The van der Waals surface area contributed by atoms with E-state index >= 15 is 8.78 Å². The van der Waals surface area contributed by atoms with Gasteiger partial charge in [-0.15, -0.1) is 0 Å². The first-order chi connectivity index (χ1) is 25.2. The van der Waals surface area contributed by atoms with Crippen molar-refractivity contribution in [1.82, 2.24) is 29.9 Å². The van der Waals surface area contributed by atoms with Crippen molar-refractivity contribution in [3.05, 3.63) is 76.7 Å². The second-order valence-electron chi connectivity index (χ2n) is 13.5. The van der Waals surface area contributed by atoms with Crippen LogP contribution in [0.5, 0.6) is 5.75 Å². The summed E-state index contributed by atoms with van der Waals surface area (Å²) in [4.78, 5) is 39.6. The summed E-state index contributed by atoms with van der Waals surface area (Å²) in [6.07, 6.45) is -8.87. The maximum absolute atomic E-state index is 15.5. The van der Waals surface area contributed by atoms with Crippen molar-refractivity contribution in [3.63, 3.8) is 0 Å². The third-order valence-corrected chi connectivity index (χ3v) is 8.60. The van der Waals surface area contributed by atoms with Crippen molar-refractivity contribution < 1.29 is 59.3 Å². The molecule has 2 aliphatic rings. The van der Waals surface area contributed by atoms with Gasteiger partial charge in [-0.3, -0.25) is 24.5 Å². The third kappa shape index (κ3) is 8.71. The van der Waals surface area contributed by atoms with Gasteiger partial charge >= 0.3 is 12.4 Å². The predicted octanol–water partition coefficient (Wildman–Crippen LogP) is 5.62. The molecule has 0 saturated carbocycles. The van der Waals surface area contributed by atoms with Crippen molar-refractivity contribution in [2.75, 3.05) is 51.8 Å². The van der Waals surface area contributed by atoms with Crippen LogP contribution in [0.25, 0.3) is 11.3 Å². The van der Waals surface area contributed by atoms with Gasteiger partial charge in [0.15, 0.2) is 11.6 Å². The number of carbonyl (C=O) groups is 2. The average molecular weight is 774 g/mol. The number of morpholine rings is 1. The Bertz CT molecular complexity index is 1910. The van der Waals surface area contributed by atoms with E-state index in [1.807, 2.05) is 4.90 Å². The van der Waals surface area contributed by atoms with Crippen LogP contribution in [0.15, 0.2) is 48.0 Å². The maximum atomic E-state index is 15.5. The van der Waals surface area contributed by atoms with Gasteiger partial charge in [0.2, 0.25) is 11.6 Å². The summed E-state index contributed by atoms with van der Waals surface area (Å²) in [5.74, 6) is -8.06. The Morgan fingerprint density at radius 1 is 0.981 bits per heavy atom. The Morgan fingerprint density at radius 3 is 2.26 bits per heavy atom. The minimum atomic E-state index is -5.11. The lowest BCUT2D eigenvalue weighted by atomic mass is 9.82. The number of carbonyl (C=O) groups excluding carboxylic acids is 2. The van der Waals surface area contributed by atoms with E-state index in [1.165, 1.54) is 24.2 Å². The molecule has 3 aromatic rings. The lowest BCUT2D eigenvalue weighted by molar-refractivity contribution is -0.158. The molecule has 0 spiro atoms. The fraction of sp³-hybridized carbons (Fsp3) is 0.441. The van der Waals surface area contributed by atoms with Gasteiger partial charge in [-0.1, -0.05) is 26.8 Å². The largest absolute Gasteiger partial charge is 0.509 e. The summed E-state index contributed by atoms with van der Waals surface area (Å²) in [6.45, 7) is 7.20. The summed E-state index contributed by atoms with van der Waals surface area (Å²) < 4.78 is 122. The summed E-state index contributed by atoms with van der Waals surface area (Å²) >= 11 is 0. The molecule has 1 saturated heterocycles. The number of ether oxygens (including phenoxy) is 2. The number of aliphatic hydroxyl groups excluding tert-OH is 1. The third-order valence-electron chi connectivity index (χ3n) is 8.60. The Labute approximate surface area is 303 Å². The van der Waals surface area contributed by atoms with E-state index in [4.69, 9.17) is 9.47 Å². The Hall–Kier alpha value is -4.95. The molecule has 1 unspecified atom stereocenters. The summed E-state index contributed by atoms with van der Waals surface area (Å²) in [7, 11) is 1.37. The standard InChI is InChI=1S/C34H35F8N7O5/c1-32(2,3)28-27(50)23(29(51)45-20-16-44-31(34(40,41)42)46-26(20)18-6-8-22(43-15-18)33(37,38)39)30(52)49(47(28)4)17-19-5-7-21(25(36)24(19)35)54-14-11-48-9-12-53-13-10-48/h5-8,15-16,28,50H,9-14,17H2,1-4H3,(H,45,51). The van der Waals surface area contributed by atoms with Crippen LogP contribution in [-0.4, -0.2) is 99.3 Å². The number of aliphatic hydroxyl groups is 1. The minimum absolute atomic E-state index is 0.0555. The van der Waals surface area contributed by atoms with Crippen LogP contribution in [0.1, 0.15) is 37.9 Å². The number of alkyl halides is 6. The van der Waals surface area contributed by atoms with E-state index in [9.17, 15) is 41.0 Å². The lowest BCUT2D eigenvalue weighted by Gasteiger charge is -2.46. The van der Waals surface area contributed by atoms with E-state index in [0.717, 1.165) is 11.1 Å². The van der Waals surface area contributed by atoms with E-state index in [2.05, 4.69) is 20.3 Å². The van der Waals surface area contributed by atoms with E-state index in [0.29, 0.717) is 51.3 Å². The number of hydrazine groups is 1. The van der Waals surface area contributed by atoms with Crippen LogP contribution in [0.3, 0.4) is 0 Å². The zero-order valence-corrected chi connectivity index (χ0v) is 29.3. The van der Waals surface area contributed by atoms with Crippen LogP contribution >= 0.6 is 0 Å². The van der Waals surface area contributed by atoms with Gasteiger partial charge in [0.05, 0.1) is 43.4 Å². The molecule has 2 aliphatic heterocycles. The summed E-state index contributed by atoms with van der Waals surface area (Å²) in [5.41, 5.74) is -5.20. The molecule has 54 heavy (non-hydrogen) atoms. The zero-order chi connectivity index (χ0) is 39.7. The van der Waals surface area contributed by atoms with Gasteiger partial charge in [0.1, 0.15) is 23.6 Å². The summed E-state index contributed by atoms with van der Waals surface area (Å²) in [5, 5.41) is 15.7. The molecule has 0 bridgehead atoms. The Balaban J connectivity index is 1.45. The van der Waals surface area contributed by atoms with Crippen LogP contribution in [-0.2, 0) is 33.2 Å². The molecule has 1 fully saturated rings. The highest BCUT2D eigenvalue weighted by molar-refractivity contribution is 6.23. The topological polar surface area (TPSA) is 133 Å². The van der Waals surface area contributed by atoms with E-state index in [1.54, 1.807) is 20.8 Å². The molecule has 1 aromatic carbocycles. The second-order valence-corrected chi connectivity index (χ2v) is 13.5. The molecule has 2 N–H and O–H groups in total. The van der Waals surface area contributed by atoms with Gasteiger partial charge in [-0.05, 0) is 23.6 Å². The number of benzene rings is 1. The van der Waals surface area contributed by atoms with Gasteiger partial charge < -0.3 is 19.9 Å². The van der Waals surface area contributed by atoms with E-state index < -0.39 is 88.0 Å². The molecule has 0 radical (unpaired) electrons. The Kier molecular flexibility index (Phi) is 11.5. The highest BCUT2D eigenvalue weighted by atomic mass is 19.4. The van der Waals surface area contributed by atoms with E-state index in [-0.39, 0.29) is 23.5 Å². The maximum Gasteiger partial charge on any atom is 0.451 e. The number of hydrogen-bond acceptors (Lipinski definition) is 10. The Morgan fingerprint density at radius 2 is 1.67 bits per heavy atom. The average Bonchev–Trinajstić information content (AvgIpc) is 3.08. The minimum Gasteiger partial charge on any atom is -0.509 e. The van der Waals surface area contributed by atoms with Crippen molar-refractivity contribution in [1.29, 1.82) is 0 Å². The normalized spacial score (nSPS) is 18.0. The van der Waals surface area contributed by atoms with Crippen molar-refractivity contribution >= 4 is 17.5 Å². The van der Waals surface area contributed by atoms with Gasteiger partial charge in [0.25, 0.3) is 11.8 Å². The first kappa shape index (κ1) is 40.2. The summed E-state index contributed by atoms with van der Waals surface area (Å²) in [6, 6.07) is 2.50. The highest BCUT2D eigenvalue weighted by Crippen LogP contribution is 2.38. The van der Waals surface area contributed by atoms with Gasteiger partial charge in [-0.25, -0.2) is 19.4 Å². The quantitative estimate of drug-likeness (QED) is 0.209. The van der Waals surface area contributed by atoms with Crippen LogP contribution < -0.4 is 10.1 Å². The number of rotatable bonds is 9. The van der Waals surface area contributed by atoms with Crippen molar-refractivity contribution in [3.8, 4) is 17.0 Å². The van der Waals surface area contributed by atoms with Crippen molar-refractivity contribution in [2.24, 2.45) is 5.41 Å². The highest BCUT2D eigenvalue weighted by Gasteiger charge is 2.46. The molecule has 12 nitrogen and oxygen atoms in total. The number of anilines is 1. The number of amides is 2.